The lowest BCUT2D eigenvalue weighted by atomic mass is 9.89. The maximum Gasteiger partial charge on any atom is 0.254 e. The number of amides is 1. The molecule has 6 heteroatoms. The van der Waals surface area contributed by atoms with Crippen LogP contribution in [0, 0.1) is 0 Å². The Labute approximate surface area is 196 Å². The number of ketones is 1. The zero-order valence-electron chi connectivity index (χ0n) is 18.4. The van der Waals surface area contributed by atoms with Crippen LogP contribution in [0.25, 0.3) is 21.5 Å². The van der Waals surface area contributed by atoms with Crippen LogP contribution in [0.2, 0.25) is 0 Å². The molecule has 0 spiro atoms. The Morgan fingerprint density at radius 1 is 0.794 bits per heavy atom. The van der Waals surface area contributed by atoms with Gasteiger partial charge in [0, 0.05) is 35.0 Å². The van der Waals surface area contributed by atoms with Gasteiger partial charge in [0.15, 0.2) is 6.29 Å². The van der Waals surface area contributed by atoms with Gasteiger partial charge in [-0.1, -0.05) is 42.5 Å². The summed E-state index contributed by atoms with van der Waals surface area (Å²) in [5.41, 5.74) is 1.58. The molecule has 0 bridgehead atoms. The fraction of sp³-hybridized carbons (Fsp3) is 0.179. The molecule has 0 aliphatic carbocycles. The summed E-state index contributed by atoms with van der Waals surface area (Å²) in [4.78, 5) is 39.1. The summed E-state index contributed by atoms with van der Waals surface area (Å²) in [6, 6.07) is 19.4. The number of aromatic hydroxyl groups is 2. The monoisotopic (exact) mass is 453 g/mol. The zero-order valence-corrected chi connectivity index (χ0v) is 18.4. The fourth-order valence-electron chi connectivity index (χ4n) is 4.98. The first kappa shape index (κ1) is 21.6. The Balaban J connectivity index is 1.53. The molecule has 0 aromatic heterocycles. The summed E-state index contributed by atoms with van der Waals surface area (Å²) >= 11 is 0. The van der Waals surface area contributed by atoms with Gasteiger partial charge in [-0.2, -0.15) is 0 Å². The standard InChI is InChI=1S/C28H23NO5/c30-16-26(33)27-20-7-4-8-24(31)21(20)15-22-23(27)13-19(14-25(22)32)28(34)29-11-9-18(10-12-29)17-5-2-1-3-6-17/h1-8,13-16,18,31-32H,9-12H2. The number of likely N-dealkylation sites (tertiary alicyclic amines) is 1. The van der Waals surface area contributed by atoms with Crippen LogP contribution in [0.5, 0.6) is 11.5 Å². The number of benzene rings is 4. The minimum absolute atomic E-state index is 0.0612. The number of rotatable bonds is 4. The molecular weight excluding hydrogens is 430 g/mol. The minimum atomic E-state index is -0.783. The Morgan fingerprint density at radius 2 is 1.50 bits per heavy atom. The Kier molecular flexibility index (Phi) is 5.49. The van der Waals surface area contributed by atoms with E-state index >= 15 is 0 Å². The van der Waals surface area contributed by atoms with Crippen molar-refractivity contribution in [1.29, 1.82) is 0 Å². The average molecular weight is 453 g/mol. The third-order valence-electron chi connectivity index (χ3n) is 6.72. The number of hydrogen-bond donors (Lipinski definition) is 2. The molecule has 0 saturated carbocycles. The molecule has 1 saturated heterocycles. The lowest BCUT2D eigenvalue weighted by molar-refractivity contribution is -0.104. The maximum absolute atomic E-state index is 13.3. The fourth-order valence-corrected chi connectivity index (χ4v) is 4.98. The number of Topliss-reactive ketones (excluding diaryl/α,β-unsaturated/α-hetero) is 1. The van der Waals surface area contributed by atoms with Gasteiger partial charge in [0.2, 0.25) is 5.78 Å². The third-order valence-corrected chi connectivity index (χ3v) is 6.72. The van der Waals surface area contributed by atoms with Gasteiger partial charge in [-0.05, 0) is 59.4 Å². The van der Waals surface area contributed by atoms with Crippen molar-refractivity contribution in [3.05, 3.63) is 83.4 Å². The SMILES string of the molecule is O=CC(=O)c1c2cccc(O)c2cc2c(O)cc(C(=O)N3CCC(c4ccccc4)CC3)cc12. The van der Waals surface area contributed by atoms with Crippen LogP contribution in [0.1, 0.15) is 45.0 Å². The number of carbonyl (C=O) groups excluding carboxylic acids is 3. The summed E-state index contributed by atoms with van der Waals surface area (Å²) in [5.74, 6) is -0.880. The number of fused-ring (bicyclic) bond motifs is 2. The van der Waals surface area contributed by atoms with Gasteiger partial charge in [-0.25, -0.2) is 0 Å². The Bertz CT molecular complexity index is 1440. The number of carbonyl (C=O) groups is 3. The topological polar surface area (TPSA) is 94.9 Å². The molecule has 1 amide bonds. The van der Waals surface area contributed by atoms with E-state index in [0.29, 0.717) is 40.6 Å². The molecule has 5 rings (SSSR count). The van der Waals surface area contributed by atoms with Crippen molar-refractivity contribution in [2.45, 2.75) is 18.8 Å². The van der Waals surface area contributed by atoms with Crippen molar-refractivity contribution < 1.29 is 24.6 Å². The van der Waals surface area contributed by atoms with Gasteiger partial charge in [0.25, 0.3) is 5.91 Å². The summed E-state index contributed by atoms with van der Waals surface area (Å²) in [6.45, 7) is 1.17. The van der Waals surface area contributed by atoms with Gasteiger partial charge in [-0.15, -0.1) is 0 Å². The van der Waals surface area contributed by atoms with Crippen LogP contribution in [0.15, 0.2) is 66.7 Å². The molecule has 4 aromatic carbocycles. The highest BCUT2D eigenvalue weighted by Gasteiger charge is 2.26. The molecule has 1 aliphatic rings. The molecule has 4 aromatic rings. The van der Waals surface area contributed by atoms with Gasteiger partial charge in [0.05, 0.1) is 0 Å². The molecule has 1 aliphatic heterocycles. The first-order chi connectivity index (χ1) is 16.5. The minimum Gasteiger partial charge on any atom is -0.507 e. The number of hydrogen-bond acceptors (Lipinski definition) is 5. The van der Waals surface area contributed by atoms with E-state index in [4.69, 9.17) is 0 Å². The van der Waals surface area contributed by atoms with Crippen molar-refractivity contribution in [3.8, 4) is 11.5 Å². The predicted molar refractivity (Wildman–Crippen MR) is 129 cm³/mol. The van der Waals surface area contributed by atoms with Gasteiger partial charge in [-0.3, -0.25) is 14.4 Å². The van der Waals surface area contributed by atoms with Crippen molar-refractivity contribution in [1.82, 2.24) is 4.90 Å². The number of piperidine rings is 1. The van der Waals surface area contributed by atoms with Crippen molar-refractivity contribution in [2.75, 3.05) is 13.1 Å². The van der Waals surface area contributed by atoms with Crippen LogP contribution in [-0.2, 0) is 4.79 Å². The molecule has 1 heterocycles. The van der Waals surface area contributed by atoms with E-state index in [1.807, 2.05) is 18.2 Å². The van der Waals surface area contributed by atoms with Gasteiger partial charge in [0.1, 0.15) is 11.5 Å². The number of phenols is 2. The van der Waals surface area contributed by atoms with E-state index in [1.165, 1.54) is 17.7 Å². The molecule has 0 unspecified atom stereocenters. The van der Waals surface area contributed by atoms with Crippen molar-refractivity contribution in [2.24, 2.45) is 0 Å². The maximum atomic E-state index is 13.3. The molecule has 2 N–H and O–H groups in total. The smallest absolute Gasteiger partial charge is 0.254 e. The van der Waals surface area contributed by atoms with E-state index in [-0.39, 0.29) is 34.8 Å². The molecular formula is C28H23NO5. The highest BCUT2D eigenvalue weighted by atomic mass is 16.3. The van der Waals surface area contributed by atoms with E-state index in [9.17, 15) is 24.6 Å². The molecule has 0 atom stereocenters. The number of aldehydes is 1. The second-order valence-electron chi connectivity index (χ2n) is 8.67. The van der Waals surface area contributed by atoms with Crippen molar-refractivity contribution in [3.63, 3.8) is 0 Å². The Hall–Kier alpha value is -4.19. The zero-order chi connectivity index (χ0) is 23.8. The van der Waals surface area contributed by atoms with Gasteiger partial charge < -0.3 is 15.1 Å². The van der Waals surface area contributed by atoms with E-state index in [0.717, 1.165) is 12.8 Å². The second kappa shape index (κ2) is 8.63. The largest absolute Gasteiger partial charge is 0.507 e. The van der Waals surface area contributed by atoms with E-state index < -0.39 is 5.78 Å². The first-order valence-corrected chi connectivity index (χ1v) is 11.2. The first-order valence-electron chi connectivity index (χ1n) is 11.2. The molecule has 170 valence electrons. The molecule has 1 fully saturated rings. The summed E-state index contributed by atoms with van der Waals surface area (Å²) < 4.78 is 0. The Morgan fingerprint density at radius 3 is 2.21 bits per heavy atom. The predicted octanol–water partition coefficient (Wildman–Crippen LogP) is 4.81. The van der Waals surface area contributed by atoms with E-state index in [2.05, 4.69) is 12.1 Å². The van der Waals surface area contributed by atoms with Crippen LogP contribution < -0.4 is 0 Å². The lowest BCUT2D eigenvalue weighted by Gasteiger charge is -2.32. The van der Waals surface area contributed by atoms with Crippen LogP contribution in [-0.4, -0.2) is 46.2 Å². The molecule has 6 nitrogen and oxygen atoms in total. The van der Waals surface area contributed by atoms with E-state index in [1.54, 1.807) is 29.2 Å². The summed E-state index contributed by atoms with van der Waals surface area (Å²) in [5, 5.41) is 22.4. The third kappa shape index (κ3) is 3.67. The highest BCUT2D eigenvalue weighted by Crippen LogP contribution is 2.38. The van der Waals surface area contributed by atoms with Crippen LogP contribution in [0.3, 0.4) is 0 Å². The van der Waals surface area contributed by atoms with Crippen LogP contribution >= 0.6 is 0 Å². The average Bonchev–Trinajstić information content (AvgIpc) is 2.87. The summed E-state index contributed by atoms with van der Waals surface area (Å²) in [6.07, 6.45) is 1.89. The normalized spacial score (nSPS) is 14.4. The highest BCUT2D eigenvalue weighted by molar-refractivity contribution is 6.40. The molecule has 34 heavy (non-hydrogen) atoms. The van der Waals surface area contributed by atoms with Crippen LogP contribution in [0.4, 0.5) is 0 Å². The summed E-state index contributed by atoms with van der Waals surface area (Å²) in [7, 11) is 0. The molecule has 0 radical (unpaired) electrons. The number of phenolic OH excluding ortho intramolecular Hbond substituents is 2. The number of nitrogens with zero attached hydrogens (tertiary/aromatic N) is 1. The second-order valence-corrected chi connectivity index (χ2v) is 8.67. The quantitative estimate of drug-likeness (QED) is 0.200. The lowest BCUT2D eigenvalue weighted by Crippen LogP contribution is -2.37. The van der Waals surface area contributed by atoms with Crippen molar-refractivity contribution >= 4 is 39.5 Å². The van der Waals surface area contributed by atoms with Gasteiger partial charge >= 0.3 is 0 Å².